The summed E-state index contributed by atoms with van der Waals surface area (Å²) in [6.45, 7) is 0. The number of aromatic hydroxyl groups is 1. The van der Waals surface area contributed by atoms with Crippen LogP contribution in [0, 0.1) is 0 Å². The molecule has 0 atom stereocenters. The highest BCUT2D eigenvalue weighted by atomic mass is 16.5. The maximum Gasteiger partial charge on any atom is 0.248 e. The lowest BCUT2D eigenvalue weighted by atomic mass is 10.2. The highest BCUT2D eigenvalue weighted by Gasteiger charge is 2.03. The van der Waals surface area contributed by atoms with Crippen molar-refractivity contribution in [3.8, 4) is 17.2 Å². The fraction of sp³-hybridized carbons (Fsp3) is 0.118. The van der Waals surface area contributed by atoms with E-state index in [-0.39, 0.29) is 11.7 Å². The minimum atomic E-state index is -0.263. The number of amides is 1. The molecule has 0 aliphatic rings. The summed E-state index contributed by atoms with van der Waals surface area (Å²) in [7, 11) is 3.13. The second-order valence-electron chi connectivity index (χ2n) is 4.48. The summed E-state index contributed by atoms with van der Waals surface area (Å²) in [6.07, 6.45) is 3.10. The molecule has 0 heterocycles. The van der Waals surface area contributed by atoms with Gasteiger partial charge >= 0.3 is 0 Å². The first-order chi connectivity index (χ1) is 10.6. The van der Waals surface area contributed by atoms with Gasteiger partial charge < -0.3 is 19.9 Å². The number of carbonyl (C=O) groups is 1. The lowest BCUT2D eigenvalue weighted by Gasteiger charge is -2.07. The number of rotatable bonds is 5. The van der Waals surface area contributed by atoms with Crippen LogP contribution < -0.4 is 14.8 Å². The maximum absolute atomic E-state index is 11.8. The molecule has 0 spiro atoms. The fourth-order valence-corrected chi connectivity index (χ4v) is 1.86. The first-order valence-corrected chi connectivity index (χ1v) is 6.62. The Bertz CT molecular complexity index is 678. The number of phenolic OH excluding ortho intramolecular Hbond substituents is 1. The highest BCUT2D eigenvalue weighted by molar-refractivity contribution is 6.01. The van der Waals surface area contributed by atoms with Crippen molar-refractivity contribution < 1.29 is 19.4 Å². The number of benzene rings is 2. The third-order valence-corrected chi connectivity index (χ3v) is 2.97. The van der Waals surface area contributed by atoms with Crippen molar-refractivity contribution >= 4 is 17.7 Å². The molecule has 114 valence electrons. The Morgan fingerprint density at radius 2 is 1.73 bits per heavy atom. The van der Waals surface area contributed by atoms with Gasteiger partial charge in [0.05, 0.1) is 14.2 Å². The zero-order valence-electron chi connectivity index (χ0n) is 12.4. The standard InChI is InChI=1S/C17H17NO4/c1-21-15-9-3-12(11-16(15)22-2)4-10-17(20)18-13-5-7-14(19)8-6-13/h3-11,19H,1-2H3,(H,18,20). The number of hydrogen-bond donors (Lipinski definition) is 2. The zero-order chi connectivity index (χ0) is 15.9. The van der Waals surface area contributed by atoms with Gasteiger partial charge in [0.2, 0.25) is 5.91 Å². The Morgan fingerprint density at radius 3 is 2.36 bits per heavy atom. The van der Waals surface area contributed by atoms with Gasteiger partial charge in [-0.3, -0.25) is 4.79 Å². The predicted molar refractivity (Wildman–Crippen MR) is 85.3 cm³/mol. The van der Waals surface area contributed by atoms with Crippen molar-refractivity contribution in [3.05, 3.63) is 54.1 Å². The van der Waals surface area contributed by atoms with Crippen molar-refractivity contribution in [1.82, 2.24) is 0 Å². The van der Waals surface area contributed by atoms with Gasteiger partial charge in [-0.05, 0) is 48.0 Å². The number of methoxy groups -OCH3 is 2. The van der Waals surface area contributed by atoms with Crippen LogP contribution in [0.2, 0.25) is 0 Å². The molecule has 0 saturated carbocycles. The van der Waals surface area contributed by atoms with E-state index >= 15 is 0 Å². The highest BCUT2D eigenvalue weighted by Crippen LogP contribution is 2.27. The molecule has 0 aromatic heterocycles. The van der Waals surface area contributed by atoms with E-state index < -0.39 is 0 Å². The van der Waals surface area contributed by atoms with Crippen LogP contribution in [-0.2, 0) is 4.79 Å². The monoisotopic (exact) mass is 299 g/mol. The SMILES string of the molecule is COc1ccc(C=CC(=O)Nc2ccc(O)cc2)cc1OC. The summed E-state index contributed by atoms with van der Waals surface area (Å²) < 4.78 is 10.4. The third-order valence-electron chi connectivity index (χ3n) is 2.97. The minimum Gasteiger partial charge on any atom is -0.508 e. The molecule has 0 saturated heterocycles. The molecule has 5 nitrogen and oxygen atoms in total. The van der Waals surface area contributed by atoms with E-state index in [0.29, 0.717) is 17.2 Å². The molecule has 0 unspecified atom stereocenters. The summed E-state index contributed by atoms with van der Waals surface area (Å²) in [5.41, 5.74) is 1.43. The largest absolute Gasteiger partial charge is 0.508 e. The minimum absolute atomic E-state index is 0.152. The van der Waals surface area contributed by atoms with Crippen molar-refractivity contribution in [2.75, 3.05) is 19.5 Å². The Morgan fingerprint density at radius 1 is 1.05 bits per heavy atom. The van der Waals surface area contributed by atoms with Gasteiger partial charge in [-0.25, -0.2) is 0 Å². The average Bonchev–Trinajstić information content (AvgIpc) is 2.54. The van der Waals surface area contributed by atoms with Crippen molar-refractivity contribution in [3.63, 3.8) is 0 Å². The topological polar surface area (TPSA) is 67.8 Å². The molecule has 0 bridgehead atoms. The number of phenols is 1. The smallest absolute Gasteiger partial charge is 0.248 e. The molecule has 2 rings (SSSR count). The Kier molecular flexibility index (Phi) is 5.03. The summed E-state index contributed by atoms with van der Waals surface area (Å²) in [4.78, 5) is 11.8. The van der Waals surface area contributed by atoms with Gasteiger partial charge in [0.15, 0.2) is 11.5 Å². The van der Waals surface area contributed by atoms with E-state index in [1.54, 1.807) is 44.6 Å². The maximum atomic E-state index is 11.8. The lowest BCUT2D eigenvalue weighted by Crippen LogP contribution is -2.07. The summed E-state index contributed by atoms with van der Waals surface area (Å²) in [5.74, 6) is 1.12. The van der Waals surface area contributed by atoms with Gasteiger partial charge in [-0.1, -0.05) is 6.07 Å². The first kappa shape index (κ1) is 15.4. The van der Waals surface area contributed by atoms with E-state index in [0.717, 1.165) is 5.56 Å². The van der Waals surface area contributed by atoms with E-state index in [9.17, 15) is 9.90 Å². The van der Waals surface area contributed by atoms with Gasteiger partial charge in [0.1, 0.15) is 5.75 Å². The fourth-order valence-electron chi connectivity index (χ4n) is 1.86. The molecule has 0 aliphatic carbocycles. The lowest BCUT2D eigenvalue weighted by molar-refractivity contribution is -0.111. The second kappa shape index (κ2) is 7.17. The molecular formula is C17H17NO4. The number of hydrogen-bond acceptors (Lipinski definition) is 4. The van der Waals surface area contributed by atoms with Crippen molar-refractivity contribution in [1.29, 1.82) is 0 Å². The predicted octanol–water partition coefficient (Wildman–Crippen LogP) is 3.06. The van der Waals surface area contributed by atoms with Crippen LogP contribution in [0.1, 0.15) is 5.56 Å². The molecule has 5 heteroatoms. The summed E-state index contributed by atoms with van der Waals surface area (Å²) >= 11 is 0. The van der Waals surface area contributed by atoms with E-state index in [1.165, 1.54) is 18.2 Å². The van der Waals surface area contributed by atoms with Crippen LogP contribution in [0.15, 0.2) is 48.5 Å². The Balaban J connectivity index is 2.04. The molecule has 0 radical (unpaired) electrons. The number of nitrogens with one attached hydrogen (secondary N) is 1. The van der Waals surface area contributed by atoms with Gasteiger partial charge in [0, 0.05) is 11.8 Å². The molecular weight excluding hydrogens is 282 g/mol. The average molecular weight is 299 g/mol. The van der Waals surface area contributed by atoms with E-state index in [2.05, 4.69) is 5.32 Å². The van der Waals surface area contributed by atoms with E-state index in [1.807, 2.05) is 6.07 Å². The summed E-state index contributed by atoms with van der Waals surface area (Å²) in [6, 6.07) is 11.6. The Hall–Kier alpha value is -2.95. The quantitative estimate of drug-likeness (QED) is 0.657. The molecule has 0 aliphatic heterocycles. The van der Waals surface area contributed by atoms with E-state index in [4.69, 9.17) is 9.47 Å². The molecule has 2 N–H and O–H groups in total. The first-order valence-electron chi connectivity index (χ1n) is 6.62. The number of carbonyl (C=O) groups excluding carboxylic acids is 1. The molecule has 2 aromatic carbocycles. The second-order valence-corrected chi connectivity index (χ2v) is 4.48. The van der Waals surface area contributed by atoms with Crippen molar-refractivity contribution in [2.24, 2.45) is 0 Å². The van der Waals surface area contributed by atoms with Gasteiger partial charge in [-0.2, -0.15) is 0 Å². The van der Waals surface area contributed by atoms with Crippen LogP contribution in [0.3, 0.4) is 0 Å². The van der Waals surface area contributed by atoms with Crippen LogP contribution in [0.5, 0.6) is 17.2 Å². The van der Waals surface area contributed by atoms with Crippen molar-refractivity contribution in [2.45, 2.75) is 0 Å². The Labute approximate surface area is 128 Å². The molecule has 22 heavy (non-hydrogen) atoms. The van der Waals surface area contributed by atoms with Crippen LogP contribution in [-0.4, -0.2) is 25.2 Å². The van der Waals surface area contributed by atoms with Crippen LogP contribution in [0.4, 0.5) is 5.69 Å². The van der Waals surface area contributed by atoms with Gasteiger partial charge in [-0.15, -0.1) is 0 Å². The zero-order valence-corrected chi connectivity index (χ0v) is 12.4. The number of anilines is 1. The number of ether oxygens (including phenoxy) is 2. The van der Waals surface area contributed by atoms with Crippen LogP contribution >= 0.6 is 0 Å². The molecule has 2 aromatic rings. The molecule has 0 fully saturated rings. The summed E-state index contributed by atoms with van der Waals surface area (Å²) in [5, 5.41) is 11.9. The van der Waals surface area contributed by atoms with Crippen LogP contribution in [0.25, 0.3) is 6.08 Å². The normalized spacial score (nSPS) is 10.5. The van der Waals surface area contributed by atoms with Gasteiger partial charge in [0.25, 0.3) is 0 Å². The molecule has 1 amide bonds. The third kappa shape index (κ3) is 4.02.